The van der Waals surface area contributed by atoms with Crippen molar-refractivity contribution in [1.29, 1.82) is 0 Å². The molecule has 0 aliphatic heterocycles. The fourth-order valence-electron chi connectivity index (χ4n) is 1.13. The highest BCUT2D eigenvalue weighted by Gasteiger charge is 2.05. The molecule has 1 rings (SSSR count). The maximum Gasteiger partial charge on any atom is 0.268 e. The molecule has 0 atom stereocenters. The van der Waals surface area contributed by atoms with Crippen LogP contribution in [-0.2, 0) is 14.2 Å². The molecule has 0 aromatic carbocycles. The first-order chi connectivity index (χ1) is 9.25. The predicted molar refractivity (Wildman–Crippen MR) is 71.6 cm³/mol. The van der Waals surface area contributed by atoms with E-state index in [1.54, 1.807) is 7.11 Å². The second kappa shape index (κ2) is 9.90. The molecule has 8 heteroatoms. The Morgan fingerprint density at radius 1 is 1.16 bits per heavy atom. The third-order valence-electron chi connectivity index (χ3n) is 2.03. The first-order valence-electron chi connectivity index (χ1n) is 5.76. The zero-order valence-electron chi connectivity index (χ0n) is 10.7. The van der Waals surface area contributed by atoms with Crippen LogP contribution in [-0.4, -0.2) is 56.7 Å². The molecule has 0 radical (unpaired) electrons. The topological polar surface area (TPSA) is 82.7 Å². The highest BCUT2D eigenvalue weighted by Crippen LogP contribution is 2.15. The number of H-pyrrole nitrogens is 1. The van der Waals surface area contributed by atoms with Crippen molar-refractivity contribution in [3.8, 4) is 5.88 Å². The second-order valence-corrected chi connectivity index (χ2v) is 4.21. The number of hydrogen-bond donors (Lipinski definition) is 1. The highest BCUT2D eigenvalue weighted by molar-refractivity contribution is 9.10. The van der Waals surface area contributed by atoms with E-state index in [0.29, 0.717) is 39.6 Å². The smallest absolute Gasteiger partial charge is 0.268 e. The molecule has 1 heterocycles. The lowest BCUT2D eigenvalue weighted by atomic mass is 10.6. The van der Waals surface area contributed by atoms with Gasteiger partial charge >= 0.3 is 0 Å². The summed E-state index contributed by atoms with van der Waals surface area (Å²) in [6.45, 7) is 2.83. The van der Waals surface area contributed by atoms with Crippen molar-refractivity contribution < 1.29 is 18.9 Å². The summed E-state index contributed by atoms with van der Waals surface area (Å²) in [5.41, 5.74) is -0.280. The Morgan fingerprint density at radius 2 is 1.79 bits per heavy atom. The molecule has 0 bridgehead atoms. The van der Waals surface area contributed by atoms with Gasteiger partial charge in [-0.2, -0.15) is 0 Å². The van der Waals surface area contributed by atoms with Gasteiger partial charge in [0.05, 0.1) is 39.4 Å². The van der Waals surface area contributed by atoms with Gasteiger partial charge in [0, 0.05) is 7.11 Å². The van der Waals surface area contributed by atoms with E-state index < -0.39 is 0 Å². The third kappa shape index (κ3) is 6.67. The Hall–Kier alpha value is -0.960. The fraction of sp³-hybridized carbons (Fsp3) is 0.636. The van der Waals surface area contributed by atoms with Gasteiger partial charge in [-0.25, -0.2) is 4.98 Å². The summed E-state index contributed by atoms with van der Waals surface area (Å²) < 4.78 is 20.9. The number of aromatic amines is 1. The Morgan fingerprint density at radius 3 is 2.47 bits per heavy atom. The molecule has 0 saturated carbocycles. The molecule has 0 aliphatic rings. The van der Waals surface area contributed by atoms with E-state index in [1.807, 2.05) is 0 Å². The van der Waals surface area contributed by atoms with Crippen LogP contribution in [0.25, 0.3) is 0 Å². The molecule has 1 aromatic heterocycles. The first kappa shape index (κ1) is 16.1. The van der Waals surface area contributed by atoms with E-state index in [4.69, 9.17) is 18.9 Å². The molecular formula is C11H17BrN2O5. The molecule has 108 valence electrons. The number of rotatable bonds is 10. The van der Waals surface area contributed by atoms with Gasteiger partial charge in [-0.15, -0.1) is 0 Å². The van der Waals surface area contributed by atoms with Gasteiger partial charge in [-0.3, -0.25) is 4.79 Å². The predicted octanol–water partition coefficient (Wildman–Crippen LogP) is 0.591. The van der Waals surface area contributed by atoms with Crippen LogP contribution >= 0.6 is 15.9 Å². The summed E-state index contributed by atoms with van der Waals surface area (Å²) in [7, 11) is 1.62. The van der Waals surface area contributed by atoms with Crippen molar-refractivity contribution in [3.05, 3.63) is 21.2 Å². The lowest BCUT2D eigenvalue weighted by Gasteiger charge is -2.07. The van der Waals surface area contributed by atoms with E-state index in [-0.39, 0.29) is 15.9 Å². The third-order valence-corrected chi connectivity index (χ3v) is 2.73. The van der Waals surface area contributed by atoms with Crippen LogP contribution in [0.1, 0.15) is 0 Å². The van der Waals surface area contributed by atoms with Crippen LogP contribution in [0.5, 0.6) is 5.88 Å². The second-order valence-electron chi connectivity index (χ2n) is 3.42. The molecule has 0 fully saturated rings. The van der Waals surface area contributed by atoms with Gasteiger partial charge in [0.15, 0.2) is 0 Å². The van der Waals surface area contributed by atoms with Crippen molar-refractivity contribution in [3.63, 3.8) is 0 Å². The van der Waals surface area contributed by atoms with Gasteiger partial charge in [-0.05, 0) is 15.9 Å². The number of aromatic nitrogens is 2. The van der Waals surface area contributed by atoms with E-state index in [9.17, 15) is 4.79 Å². The largest absolute Gasteiger partial charge is 0.474 e. The van der Waals surface area contributed by atoms with E-state index >= 15 is 0 Å². The maximum absolute atomic E-state index is 11.2. The minimum absolute atomic E-state index is 0.253. The summed E-state index contributed by atoms with van der Waals surface area (Å²) in [4.78, 5) is 17.5. The van der Waals surface area contributed by atoms with Gasteiger partial charge < -0.3 is 23.9 Å². The molecule has 0 unspecified atom stereocenters. The Kier molecular flexibility index (Phi) is 8.39. The first-order valence-corrected chi connectivity index (χ1v) is 6.55. The summed E-state index contributed by atoms with van der Waals surface area (Å²) in [5.74, 6) is 0.253. The summed E-state index contributed by atoms with van der Waals surface area (Å²) in [6, 6.07) is 0. The molecule has 0 aliphatic carbocycles. The van der Waals surface area contributed by atoms with Crippen LogP contribution in [0.4, 0.5) is 0 Å². The quantitative estimate of drug-likeness (QED) is 0.630. The van der Waals surface area contributed by atoms with Gasteiger partial charge in [0.25, 0.3) is 5.56 Å². The average Bonchev–Trinajstić information content (AvgIpc) is 2.41. The standard InChI is InChI=1S/C11H17BrN2O5/c1-16-2-3-17-4-5-18-6-7-19-11-9(12)10(15)13-8-14-11/h8H,2-7H2,1H3,(H,13,14,15). The van der Waals surface area contributed by atoms with Crippen molar-refractivity contribution in [2.45, 2.75) is 0 Å². The number of ether oxygens (including phenoxy) is 4. The van der Waals surface area contributed by atoms with Crippen molar-refractivity contribution in [1.82, 2.24) is 9.97 Å². The van der Waals surface area contributed by atoms with Crippen LogP contribution in [0.15, 0.2) is 15.6 Å². The van der Waals surface area contributed by atoms with Crippen molar-refractivity contribution in [2.75, 3.05) is 46.8 Å². The summed E-state index contributed by atoms with van der Waals surface area (Å²) in [6.07, 6.45) is 1.28. The maximum atomic E-state index is 11.2. The number of hydrogen-bond acceptors (Lipinski definition) is 6. The lowest BCUT2D eigenvalue weighted by Crippen LogP contribution is -2.15. The van der Waals surface area contributed by atoms with Gasteiger partial charge in [0.1, 0.15) is 11.1 Å². The number of nitrogens with one attached hydrogen (secondary N) is 1. The SMILES string of the molecule is COCCOCCOCCOc1nc[nH]c(=O)c1Br. The number of methoxy groups -OCH3 is 1. The molecule has 0 amide bonds. The zero-order chi connectivity index (χ0) is 13.9. The fourth-order valence-corrected chi connectivity index (χ4v) is 1.46. The summed E-state index contributed by atoms with van der Waals surface area (Å²) in [5, 5.41) is 0. The Balaban J connectivity index is 2.05. The number of halogens is 1. The van der Waals surface area contributed by atoms with Crippen molar-refractivity contribution in [2.24, 2.45) is 0 Å². The van der Waals surface area contributed by atoms with Crippen LogP contribution in [0.2, 0.25) is 0 Å². The molecule has 1 aromatic rings. The highest BCUT2D eigenvalue weighted by atomic mass is 79.9. The lowest BCUT2D eigenvalue weighted by molar-refractivity contribution is 0.0176. The molecule has 19 heavy (non-hydrogen) atoms. The Bertz CT molecular complexity index is 412. The molecule has 0 spiro atoms. The average molecular weight is 337 g/mol. The van der Waals surface area contributed by atoms with E-state index in [1.165, 1.54) is 6.33 Å². The van der Waals surface area contributed by atoms with Gasteiger partial charge in [0.2, 0.25) is 5.88 Å². The van der Waals surface area contributed by atoms with Crippen molar-refractivity contribution >= 4 is 15.9 Å². The normalized spacial score (nSPS) is 10.6. The van der Waals surface area contributed by atoms with E-state index in [2.05, 4.69) is 25.9 Å². The molecular weight excluding hydrogens is 320 g/mol. The van der Waals surface area contributed by atoms with Crippen LogP contribution < -0.4 is 10.3 Å². The van der Waals surface area contributed by atoms with Crippen LogP contribution in [0, 0.1) is 0 Å². The zero-order valence-corrected chi connectivity index (χ0v) is 12.3. The minimum atomic E-state index is -0.280. The van der Waals surface area contributed by atoms with E-state index in [0.717, 1.165) is 0 Å². The molecule has 0 saturated heterocycles. The molecule has 1 N–H and O–H groups in total. The number of nitrogens with zero attached hydrogens (tertiary/aromatic N) is 1. The summed E-state index contributed by atoms with van der Waals surface area (Å²) >= 11 is 3.09. The van der Waals surface area contributed by atoms with Gasteiger partial charge in [-0.1, -0.05) is 0 Å². The molecule has 7 nitrogen and oxygen atoms in total. The Labute approximate surface area is 119 Å². The minimum Gasteiger partial charge on any atom is -0.474 e. The monoisotopic (exact) mass is 336 g/mol. The van der Waals surface area contributed by atoms with Crippen LogP contribution in [0.3, 0.4) is 0 Å².